The second kappa shape index (κ2) is 16.7. The predicted molar refractivity (Wildman–Crippen MR) is 122 cm³/mol. The Labute approximate surface area is 245 Å². The Morgan fingerprint density at radius 2 is 1.13 bits per heavy atom. The van der Waals surface area contributed by atoms with Gasteiger partial charge in [0.25, 0.3) is 5.67 Å². The molecule has 13 nitrogen and oxygen atoms in total. The van der Waals surface area contributed by atoms with E-state index in [0.717, 1.165) is 12.2 Å². The molecule has 2 N–H and O–H groups in total. The first-order valence-electron chi connectivity index (χ1n) is 11.6. The number of rotatable bonds is 17. The van der Waals surface area contributed by atoms with Gasteiger partial charge in [0.1, 0.15) is 26.4 Å². The highest BCUT2D eigenvalue weighted by Crippen LogP contribution is 2.50. The summed E-state index contributed by atoms with van der Waals surface area (Å²) in [7, 11) is 0. The van der Waals surface area contributed by atoms with Crippen molar-refractivity contribution in [3.63, 3.8) is 0 Å². The number of alkyl carbamates (subject to hydrolysis) is 2. The third kappa shape index (κ3) is 12.7. The summed E-state index contributed by atoms with van der Waals surface area (Å²) in [4.78, 5) is 57.5. The molecule has 0 saturated heterocycles. The molecule has 0 heterocycles. The minimum Gasteiger partial charge on any atom is -0.461 e. The topological polar surface area (TPSA) is 165 Å². The lowest BCUT2D eigenvalue weighted by atomic mass is 10.1. The van der Waals surface area contributed by atoms with Crippen LogP contribution in [-0.2, 0) is 42.8 Å². The Hall–Kier alpha value is -4.31. The first-order chi connectivity index (χ1) is 20.4. The third-order valence-electron chi connectivity index (χ3n) is 4.61. The van der Waals surface area contributed by atoms with Gasteiger partial charge in [-0.3, -0.25) is 4.74 Å². The number of amides is 2. The van der Waals surface area contributed by atoms with E-state index < -0.39 is 113 Å². The van der Waals surface area contributed by atoms with E-state index in [1.165, 1.54) is 0 Å². The summed E-state index contributed by atoms with van der Waals surface area (Å²) in [5.41, 5.74) is -5.96. The van der Waals surface area contributed by atoms with E-state index in [-0.39, 0.29) is 0 Å². The molecule has 0 aromatic heterocycles. The maximum atomic E-state index is 14.5. The van der Waals surface area contributed by atoms with Crippen LogP contribution in [0.15, 0.2) is 25.3 Å². The summed E-state index contributed by atoms with van der Waals surface area (Å²) in [6.07, 6.45) is -23.8. The van der Waals surface area contributed by atoms with Gasteiger partial charge in [0.2, 0.25) is 0 Å². The van der Waals surface area contributed by atoms with Crippen LogP contribution in [0.25, 0.3) is 0 Å². The van der Waals surface area contributed by atoms with E-state index >= 15 is 0 Å². The quantitative estimate of drug-likeness (QED) is 0.0762. The van der Waals surface area contributed by atoms with Crippen molar-refractivity contribution in [1.82, 2.24) is 10.6 Å². The van der Waals surface area contributed by atoms with Crippen LogP contribution in [0.4, 0.5) is 53.5 Å². The molecule has 0 saturated carbocycles. The molecule has 0 aliphatic heterocycles. The fraction of sp³-hybridized carbons (Fsp3) is 0.591. The summed E-state index contributed by atoms with van der Waals surface area (Å²) < 4.78 is 158. The second-order valence-corrected chi connectivity index (χ2v) is 8.03. The number of halogens is 10. The minimum atomic E-state index is -6.91. The zero-order chi connectivity index (χ0) is 35.3. The number of nitrogens with one attached hydrogen (secondary N) is 2. The molecule has 0 aromatic carbocycles. The van der Waals surface area contributed by atoms with Crippen molar-refractivity contribution in [1.29, 1.82) is 0 Å². The number of hydrogen-bond donors (Lipinski definition) is 2. The molecule has 0 bridgehead atoms. The molecule has 0 spiro atoms. The first kappa shape index (κ1) is 40.7. The summed E-state index contributed by atoms with van der Waals surface area (Å²) >= 11 is 0. The molecule has 0 aromatic rings. The summed E-state index contributed by atoms with van der Waals surface area (Å²) in [5.74, 6) is -11.8. The second-order valence-electron chi connectivity index (χ2n) is 8.03. The number of carbonyl (C=O) groups is 5. The molecular formula is C22H24F10N2O11. The SMILES string of the molecule is C=CC(=O)OCCNC(=O)OCC(COC(=O)C(F)(OC(F)(F)C(C)(F)C(F)(F)F)C(F)(F)F)OC(=O)NCCOC(=O)C=C. The van der Waals surface area contributed by atoms with Gasteiger partial charge in [-0.15, -0.1) is 0 Å². The van der Waals surface area contributed by atoms with Crippen molar-refractivity contribution in [3.05, 3.63) is 25.3 Å². The fourth-order valence-electron chi connectivity index (χ4n) is 2.17. The smallest absolute Gasteiger partial charge is 0.460 e. The lowest BCUT2D eigenvalue weighted by molar-refractivity contribution is -0.448. The van der Waals surface area contributed by atoms with Crippen LogP contribution in [0.2, 0.25) is 0 Å². The maximum Gasteiger partial charge on any atom is 0.460 e. The number of ether oxygens (including phenoxy) is 6. The molecule has 0 aliphatic rings. The molecular weight excluding hydrogens is 658 g/mol. The highest BCUT2D eigenvalue weighted by Gasteiger charge is 2.76. The van der Waals surface area contributed by atoms with Gasteiger partial charge >= 0.3 is 54.4 Å². The monoisotopic (exact) mass is 682 g/mol. The molecule has 45 heavy (non-hydrogen) atoms. The summed E-state index contributed by atoms with van der Waals surface area (Å²) in [6.45, 7) is 0.318. The summed E-state index contributed by atoms with van der Waals surface area (Å²) in [6, 6.07) is 0. The van der Waals surface area contributed by atoms with Gasteiger partial charge in [0.15, 0.2) is 6.10 Å². The van der Waals surface area contributed by atoms with Crippen LogP contribution in [0.3, 0.4) is 0 Å². The lowest BCUT2D eigenvalue weighted by Crippen LogP contribution is -2.62. The molecule has 258 valence electrons. The Kier molecular flexibility index (Phi) is 15.1. The van der Waals surface area contributed by atoms with Crippen molar-refractivity contribution in [2.75, 3.05) is 39.5 Å². The molecule has 2 amide bonds. The molecule has 0 radical (unpaired) electrons. The van der Waals surface area contributed by atoms with Gasteiger partial charge in [-0.05, 0) is 6.92 Å². The first-order valence-corrected chi connectivity index (χ1v) is 11.6. The van der Waals surface area contributed by atoms with E-state index in [1.54, 1.807) is 0 Å². The van der Waals surface area contributed by atoms with Crippen molar-refractivity contribution in [3.8, 4) is 0 Å². The number of carbonyl (C=O) groups excluding carboxylic acids is 5. The zero-order valence-electron chi connectivity index (χ0n) is 22.7. The predicted octanol–water partition coefficient (Wildman–Crippen LogP) is 2.94. The van der Waals surface area contributed by atoms with Crippen molar-refractivity contribution < 1.29 is 96.3 Å². The Balaban J connectivity index is 5.71. The average Bonchev–Trinajstić information content (AvgIpc) is 2.92. The van der Waals surface area contributed by atoms with Crippen LogP contribution >= 0.6 is 0 Å². The average molecular weight is 682 g/mol. The molecule has 3 atom stereocenters. The van der Waals surface area contributed by atoms with Gasteiger partial charge in [-0.25, -0.2) is 28.4 Å². The molecule has 3 unspecified atom stereocenters. The van der Waals surface area contributed by atoms with Crippen molar-refractivity contribution in [2.24, 2.45) is 0 Å². The van der Waals surface area contributed by atoms with E-state index in [4.69, 9.17) is 0 Å². The van der Waals surface area contributed by atoms with Crippen LogP contribution in [0, 0.1) is 0 Å². The van der Waals surface area contributed by atoms with Crippen molar-refractivity contribution >= 4 is 30.1 Å². The Bertz CT molecular complexity index is 1080. The highest BCUT2D eigenvalue weighted by atomic mass is 19.4. The largest absolute Gasteiger partial charge is 0.461 e. The molecule has 0 fully saturated rings. The maximum absolute atomic E-state index is 14.5. The molecule has 0 aliphatic carbocycles. The van der Waals surface area contributed by atoms with E-state index in [2.05, 4.69) is 41.6 Å². The lowest BCUT2D eigenvalue weighted by Gasteiger charge is -2.35. The fourth-order valence-corrected chi connectivity index (χ4v) is 2.17. The van der Waals surface area contributed by atoms with Gasteiger partial charge in [-0.2, -0.15) is 39.5 Å². The minimum absolute atomic E-state index is 0.407. The summed E-state index contributed by atoms with van der Waals surface area (Å²) in [5, 5.41) is 3.85. The zero-order valence-corrected chi connectivity index (χ0v) is 22.7. The molecule has 0 rings (SSSR count). The Morgan fingerprint density at radius 3 is 1.56 bits per heavy atom. The van der Waals surface area contributed by atoms with E-state index in [9.17, 15) is 67.9 Å². The number of hydrogen-bond acceptors (Lipinski definition) is 11. The van der Waals surface area contributed by atoms with Crippen LogP contribution in [-0.4, -0.2) is 106 Å². The van der Waals surface area contributed by atoms with Crippen LogP contribution in [0.5, 0.6) is 0 Å². The van der Waals surface area contributed by atoms with E-state index in [0.29, 0.717) is 0 Å². The van der Waals surface area contributed by atoms with E-state index in [1.807, 2.05) is 10.6 Å². The van der Waals surface area contributed by atoms with Gasteiger partial charge in [0, 0.05) is 12.2 Å². The van der Waals surface area contributed by atoms with Crippen LogP contribution in [0.1, 0.15) is 6.92 Å². The van der Waals surface area contributed by atoms with Crippen molar-refractivity contribution in [2.45, 2.75) is 43.0 Å². The third-order valence-corrected chi connectivity index (χ3v) is 4.61. The number of esters is 3. The number of alkyl halides is 10. The normalized spacial score (nSPS) is 15.2. The molecule has 23 heteroatoms. The van der Waals surface area contributed by atoms with Crippen LogP contribution < -0.4 is 10.6 Å². The highest BCUT2D eigenvalue weighted by molar-refractivity contribution is 5.81. The van der Waals surface area contributed by atoms with Gasteiger partial charge in [-0.1, -0.05) is 13.2 Å². The Morgan fingerprint density at radius 1 is 0.689 bits per heavy atom. The van der Waals surface area contributed by atoms with Gasteiger partial charge in [0.05, 0.1) is 13.1 Å². The van der Waals surface area contributed by atoms with Gasteiger partial charge < -0.3 is 34.3 Å². The standard InChI is InChI=1S/C22H24F10N2O11/c1-4-13(35)40-8-6-33-16(38)43-11-12(44-17(39)34-7-9-41-14(36)5-2)10-42-15(37)19(24,21(28,29)30)45-22(31,32)18(3,23)20(25,26)27/h4-5,12H,1-2,6-11H2,3H3,(H,33,38)(H,34,39).